The van der Waals surface area contributed by atoms with Gasteiger partial charge in [0.1, 0.15) is 12.0 Å². The Balaban J connectivity index is 3.18. The van der Waals surface area contributed by atoms with E-state index in [9.17, 15) is 22.8 Å². The molecule has 0 N–H and O–H groups in total. The van der Waals surface area contributed by atoms with E-state index < -0.39 is 18.1 Å². The van der Waals surface area contributed by atoms with Gasteiger partial charge >= 0.3 is 12.1 Å². The smallest absolute Gasteiger partial charge is 0.471 e. The van der Waals surface area contributed by atoms with Gasteiger partial charge in [0.25, 0.3) is 0 Å². The Bertz CT molecular complexity index is 544. The lowest BCUT2D eigenvalue weighted by Crippen LogP contribution is -2.47. The molecule has 0 radical (unpaired) electrons. The quantitative estimate of drug-likeness (QED) is 0.721. The highest BCUT2D eigenvalue weighted by atomic mass is 19.4. The highest BCUT2D eigenvalue weighted by Crippen LogP contribution is 2.26. The molecule has 0 saturated carbocycles. The van der Waals surface area contributed by atoms with E-state index in [1.165, 1.54) is 7.11 Å². The number of carbonyl (C=O) groups is 2. The third-order valence-corrected chi connectivity index (χ3v) is 3.31. The molecule has 0 bridgehead atoms. The molecule has 1 amide bonds. The van der Waals surface area contributed by atoms with Crippen molar-refractivity contribution >= 4 is 12.2 Å². The molecule has 0 fully saturated rings. The van der Waals surface area contributed by atoms with E-state index >= 15 is 0 Å². The van der Waals surface area contributed by atoms with Gasteiger partial charge in [-0.05, 0) is 18.4 Å². The fourth-order valence-electron chi connectivity index (χ4n) is 2.26. The number of ether oxygens (including phenoxy) is 1. The number of nitrogens with zero attached hydrogens (tertiary/aromatic N) is 1. The Labute approximate surface area is 133 Å². The molecule has 0 aromatic heterocycles. The Morgan fingerprint density at radius 2 is 1.91 bits per heavy atom. The minimum absolute atomic E-state index is 0.0357. The summed E-state index contributed by atoms with van der Waals surface area (Å²) in [6, 6.07) is 5.31. The van der Waals surface area contributed by atoms with Crippen LogP contribution in [0.2, 0.25) is 0 Å². The van der Waals surface area contributed by atoms with Crippen LogP contribution < -0.4 is 4.74 Å². The maximum atomic E-state index is 12.9. The molecule has 1 unspecified atom stereocenters. The van der Waals surface area contributed by atoms with Gasteiger partial charge in [-0.25, -0.2) is 0 Å². The third-order valence-electron chi connectivity index (χ3n) is 3.31. The summed E-state index contributed by atoms with van der Waals surface area (Å²) in [5.74, 6) is -1.70. The largest absolute Gasteiger partial charge is 0.496 e. The van der Waals surface area contributed by atoms with Crippen LogP contribution in [-0.2, 0) is 16.1 Å². The molecule has 1 atom stereocenters. The van der Waals surface area contributed by atoms with E-state index in [-0.39, 0.29) is 18.9 Å². The van der Waals surface area contributed by atoms with Gasteiger partial charge in [0.15, 0.2) is 0 Å². The molecule has 4 nitrogen and oxygen atoms in total. The van der Waals surface area contributed by atoms with Crippen molar-refractivity contribution in [2.75, 3.05) is 7.11 Å². The number of para-hydroxylation sites is 1. The second kappa shape index (κ2) is 7.99. The first-order chi connectivity index (χ1) is 10.7. The Morgan fingerprint density at radius 1 is 1.30 bits per heavy atom. The molecular formula is C16H20F3NO3. The maximum Gasteiger partial charge on any atom is 0.471 e. The third kappa shape index (κ3) is 5.26. The first-order valence-electron chi connectivity index (χ1n) is 7.15. The van der Waals surface area contributed by atoms with E-state index in [0.29, 0.717) is 22.5 Å². The second-order valence-electron chi connectivity index (χ2n) is 5.58. The molecule has 0 spiro atoms. The molecule has 128 valence electrons. The fraction of sp³-hybridized carbons (Fsp3) is 0.500. The van der Waals surface area contributed by atoms with Crippen LogP contribution >= 0.6 is 0 Å². The zero-order valence-corrected chi connectivity index (χ0v) is 13.3. The number of aldehydes is 1. The van der Waals surface area contributed by atoms with E-state index in [0.717, 1.165) is 0 Å². The van der Waals surface area contributed by atoms with Crippen molar-refractivity contribution in [3.05, 3.63) is 29.8 Å². The van der Waals surface area contributed by atoms with Crippen LogP contribution in [0.4, 0.5) is 13.2 Å². The Hall–Kier alpha value is -2.05. The zero-order chi connectivity index (χ0) is 17.6. The summed E-state index contributed by atoms with van der Waals surface area (Å²) in [7, 11) is 1.39. The molecule has 0 heterocycles. The van der Waals surface area contributed by atoms with Gasteiger partial charge in [0.2, 0.25) is 0 Å². The standard InChI is InChI=1S/C16H20F3NO3/c1-11(2)8-13(10-21)20(15(22)16(17,18)19)9-12-6-4-5-7-14(12)23-3/h4-7,10-11,13H,8-9H2,1-3H3. The predicted octanol–water partition coefficient (Wildman–Crippen LogP) is 3.20. The SMILES string of the molecule is COc1ccccc1CN(C(=O)C(F)(F)F)C(C=O)CC(C)C. The van der Waals surface area contributed by atoms with Crippen LogP contribution in [-0.4, -0.2) is 36.4 Å². The van der Waals surface area contributed by atoms with Crippen molar-refractivity contribution in [1.82, 2.24) is 4.90 Å². The number of hydrogen-bond donors (Lipinski definition) is 0. The van der Waals surface area contributed by atoms with Crippen LogP contribution in [0.15, 0.2) is 24.3 Å². The summed E-state index contributed by atoms with van der Waals surface area (Å²) in [6.07, 6.45) is -4.50. The average Bonchev–Trinajstić information content (AvgIpc) is 2.49. The second-order valence-corrected chi connectivity index (χ2v) is 5.58. The molecular weight excluding hydrogens is 311 g/mol. The van der Waals surface area contributed by atoms with Crippen molar-refractivity contribution in [3.8, 4) is 5.75 Å². The summed E-state index contributed by atoms with van der Waals surface area (Å²) in [4.78, 5) is 23.6. The first-order valence-corrected chi connectivity index (χ1v) is 7.15. The van der Waals surface area contributed by atoms with Crippen molar-refractivity contribution < 1.29 is 27.5 Å². The van der Waals surface area contributed by atoms with Gasteiger partial charge in [-0.15, -0.1) is 0 Å². The minimum Gasteiger partial charge on any atom is -0.496 e. The monoisotopic (exact) mass is 331 g/mol. The number of methoxy groups -OCH3 is 1. The molecule has 0 aliphatic heterocycles. The van der Waals surface area contributed by atoms with Crippen LogP contribution in [0.1, 0.15) is 25.8 Å². The lowest BCUT2D eigenvalue weighted by Gasteiger charge is -2.30. The average molecular weight is 331 g/mol. The zero-order valence-electron chi connectivity index (χ0n) is 13.3. The summed E-state index contributed by atoms with van der Waals surface area (Å²) in [6.45, 7) is 3.20. The van der Waals surface area contributed by atoms with Crippen LogP contribution in [0.3, 0.4) is 0 Å². The predicted molar refractivity (Wildman–Crippen MR) is 78.9 cm³/mol. The number of halogens is 3. The van der Waals surface area contributed by atoms with Crippen molar-refractivity contribution in [2.45, 2.75) is 39.0 Å². The van der Waals surface area contributed by atoms with Crippen molar-refractivity contribution in [1.29, 1.82) is 0 Å². The molecule has 0 aliphatic carbocycles. The lowest BCUT2D eigenvalue weighted by atomic mass is 10.0. The number of hydrogen-bond acceptors (Lipinski definition) is 3. The highest BCUT2D eigenvalue weighted by molar-refractivity contribution is 5.84. The van der Waals surface area contributed by atoms with Crippen LogP contribution in [0.25, 0.3) is 0 Å². The first kappa shape index (κ1) is 19.0. The highest BCUT2D eigenvalue weighted by Gasteiger charge is 2.44. The van der Waals surface area contributed by atoms with Gasteiger partial charge in [-0.1, -0.05) is 32.0 Å². The Morgan fingerprint density at radius 3 is 2.39 bits per heavy atom. The van der Waals surface area contributed by atoms with Gasteiger partial charge in [0, 0.05) is 5.56 Å². The Kier molecular flexibility index (Phi) is 6.60. The number of benzene rings is 1. The van der Waals surface area contributed by atoms with E-state index in [4.69, 9.17) is 4.74 Å². The molecule has 1 aromatic carbocycles. The van der Waals surface area contributed by atoms with Crippen molar-refractivity contribution in [3.63, 3.8) is 0 Å². The van der Waals surface area contributed by atoms with Gasteiger partial charge in [0.05, 0.1) is 19.7 Å². The molecule has 1 rings (SSSR count). The van der Waals surface area contributed by atoms with Crippen LogP contribution in [0, 0.1) is 5.92 Å². The minimum atomic E-state index is -5.04. The van der Waals surface area contributed by atoms with Gasteiger partial charge in [-0.2, -0.15) is 13.2 Å². The number of carbonyl (C=O) groups excluding carboxylic acids is 2. The summed E-state index contributed by atoms with van der Waals surface area (Å²) in [5.41, 5.74) is 0.406. The number of amides is 1. The molecule has 0 saturated heterocycles. The molecule has 1 aromatic rings. The summed E-state index contributed by atoms with van der Waals surface area (Å²) in [5, 5.41) is 0. The normalized spacial score (nSPS) is 12.8. The number of alkyl halides is 3. The van der Waals surface area contributed by atoms with Gasteiger partial charge < -0.3 is 14.4 Å². The maximum absolute atomic E-state index is 12.9. The summed E-state index contributed by atoms with van der Waals surface area (Å²) < 4.78 is 43.7. The topological polar surface area (TPSA) is 46.6 Å². The van der Waals surface area contributed by atoms with E-state index in [1.807, 2.05) is 0 Å². The summed E-state index contributed by atoms with van der Waals surface area (Å²) >= 11 is 0. The van der Waals surface area contributed by atoms with Gasteiger partial charge in [-0.3, -0.25) is 4.79 Å². The molecule has 7 heteroatoms. The fourth-order valence-corrected chi connectivity index (χ4v) is 2.26. The van der Waals surface area contributed by atoms with Crippen molar-refractivity contribution in [2.24, 2.45) is 5.92 Å². The van der Waals surface area contributed by atoms with E-state index in [1.54, 1.807) is 38.1 Å². The molecule has 0 aliphatic rings. The molecule has 23 heavy (non-hydrogen) atoms. The number of rotatable bonds is 7. The van der Waals surface area contributed by atoms with Crippen LogP contribution in [0.5, 0.6) is 5.75 Å². The van der Waals surface area contributed by atoms with E-state index in [2.05, 4.69) is 0 Å². The lowest BCUT2D eigenvalue weighted by molar-refractivity contribution is -0.188.